The molecule has 0 heterocycles. The van der Waals surface area contributed by atoms with Gasteiger partial charge in [0.2, 0.25) is 0 Å². The second-order valence-electron chi connectivity index (χ2n) is 6.27. The summed E-state index contributed by atoms with van der Waals surface area (Å²) in [6, 6.07) is 12.3. The van der Waals surface area contributed by atoms with Gasteiger partial charge in [-0.25, -0.2) is 5.43 Å². The number of nitrogens with one attached hydrogen (secondary N) is 2. The number of hydrogen-bond donors (Lipinski definition) is 2. The summed E-state index contributed by atoms with van der Waals surface area (Å²) in [5.41, 5.74) is 7.07. The molecule has 0 radical (unpaired) electrons. The molecule has 31 heavy (non-hydrogen) atoms. The minimum atomic E-state index is -0.865. The highest BCUT2D eigenvalue weighted by Gasteiger charge is 2.21. The fourth-order valence-corrected chi connectivity index (χ4v) is 2.75. The number of amides is 1. The molecule has 162 valence electrons. The molecule has 0 aliphatic carbocycles. The number of benzene rings is 2. The van der Waals surface area contributed by atoms with Gasteiger partial charge in [-0.1, -0.05) is 48.6 Å². The Bertz CT molecular complexity index is 958. The van der Waals surface area contributed by atoms with Gasteiger partial charge in [-0.2, -0.15) is 0 Å². The molecule has 0 aliphatic heterocycles. The van der Waals surface area contributed by atoms with Crippen LogP contribution in [0.4, 0.5) is 0 Å². The van der Waals surface area contributed by atoms with Crippen LogP contribution in [0.3, 0.4) is 0 Å². The second-order valence-corrected chi connectivity index (χ2v) is 6.71. The van der Waals surface area contributed by atoms with Crippen LogP contribution in [0.5, 0.6) is 11.5 Å². The van der Waals surface area contributed by atoms with Gasteiger partial charge in [-0.3, -0.25) is 10.2 Å². The number of methoxy groups -OCH3 is 1. The number of hydrogen-bond acceptors (Lipinski definition) is 5. The van der Waals surface area contributed by atoms with Crippen molar-refractivity contribution in [3.63, 3.8) is 0 Å². The van der Waals surface area contributed by atoms with Gasteiger partial charge in [-0.05, 0) is 35.4 Å². The first kappa shape index (κ1) is 24.1. The van der Waals surface area contributed by atoms with Crippen molar-refractivity contribution in [2.24, 2.45) is 0 Å². The Balaban J connectivity index is 1.96. The molecule has 0 spiro atoms. The van der Waals surface area contributed by atoms with E-state index in [0.717, 1.165) is 12.0 Å². The monoisotopic (exact) mass is 440 g/mol. The zero-order valence-corrected chi connectivity index (χ0v) is 18.3. The zero-order chi connectivity index (χ0) is 22.5. The predicted octanol–water partition coefficient (Wildman–Crippen LogP) is 3.65. The molecule has 0 saturated heterocycles. The molecule has 2 rings (SSSR count). The lowest BCUT2D eigenvalue weighted by atomic mass is 10.1. The summed E-state index contributed by atoms with van der Waals surface area (Å²) in [6.45, 7) is 2.64. The van der Waals surface area contributed by atoms with Crippen LogP contribution in [0.15, 0.2) is 42.5 Å². The van der Waals surface area contributed by atoms with E-state index in [-0.39, 0.29) is 12.5 Å². The van der Waals surface area contributed by atoms with Crippen molar-refractivity contribution in [2.75, 3.05) is 20.3 Å². The maximum atomic E-state index is 12.6. The molecule has 0 bridgehead atoms. The SMILES string of the molecule is C#CCOC(C(=O)NNCc1ccc(OCC#CCC)c(OC)c1)c1ccc(Cl)cc1. The van der Waals surface area contributed by atoms with Crippen molar-refractivity contribution in [2.45, 2.75) is 26.0 Å². The van der Waals surface area contributed by atoms with E-state index in [1.165, 1.54) is 0 Å². The lowest BCUT2D eigenvalue weighted by Crippen LogP contribution is -2.40. The average Bonchev–Trinajstić information content (AvgIpc) is 2.78. The maximum absolute atomic E-state index is 12.6. The van der Waals surface area contributed by atoms with E-state index in [4.69, 9.17) is 32.2 Å². The molecule has 0 fully saturated rings. The highest BCUT2D eigenvalue weighted by Crippen LogP contribution is 2.28. The number of hydrazine groups is 1. The van der Waals surface area contributed by atoms with E-state index in [1.54, 1.807) is 37.4 Å². The van der Waals surface area contributed by atoms with Crippen LogP contribution in [0, 0.1) is 24.2 Å². The normalized spacial score (nSPS) is 10.9. The topological polar surface area (TPSA) is 68.8 Å². The Hall–Kier alpha value is -3.16. The van der Waals surface area contributed by atoms with Crippen molar-refractivity contribution in [3.05, 3.63) is 58.6 Å². The van der Waals surface area contributed by atoms with Crippen LogP contribution >= 0.6 is 11.6 Å². The third kappa shape index (κ3) is 7.88. The van der Waals surface area contributed by atoms with E-state index in [2.05, 4.69) is 28.6 Å². The molecule has 2 aromatic carbocycles. The van der Waals surface area contributed by atoms with Gasteiger partial charge in [-0.15, -0.1) is 12.3 Å². The smallest absolute Gasteiger partial charge is 0.267 e. The van der Waals surface area contributed by atoms with Crippen molar-refractivity contribution >= 4 is 17.5 Å². The highest BCUT2D eigenvalue weighted by atomic mass is 35.5. The number of halogens is 1. The molecule has 1 amide bonds. The molecule has 0 saturated carbocycles. The zero-order valence-electron chi connectivity index (χ0n) is 17.5. The van der Waals surface area contributed by atoms with Gasteiger partial charge < -0.3 is 14.2 Å². The van der Waals surface area contributed by atoms with Crippen molar-refractivity contribution < 1.29 is 19.0 Å². The van der Waals surface area contributed by atoms with E-state index in [0.29, 0.717) is 35.2 Å². The molecule has 7 heteroatoms. The summed E-state index contributed by atoms with van der Waals surface area (Å²) in [6.07, 6.45) is 5.18. The number of rotatable bonds is 10. The molecule has 1 unspecified atom stereocenters. The third-order valence-electron chi connectivity index (χ3n) is 4.08. The first-order chi connectivity index (χ1) is 15.1. The fourth-order valence-electron chi connectivity index (χ4n) is 2.62. The van der Waals surface area contributed by atoms with Crippen LogP contribution in [0.25, 0.3) is 0 Å². The molecule has 0 aromatic heterocycles. The standard InChI is InChI=1S/C24H25ClN2O4/c1-4-6-7-15-30-21-13-8-18(16-22(21)29-3)17-26-27-24(28)23(31-14-5-2)19-9-11-20(25)12-10-19/h2,8-13,16,23,26H,4,14-15,17H2,1,3H3,(H,27,28). The highest BCUT2D eigenvalue weighted by molar-refractivity contribution is 6.30. The van der Waals surface area contributed by atoms with Crippen LogP contribution in [-0.4, -0.2) is 26.2 Å². The number of carbonyl (C=O) groups excluding carboxylic acids is 1. The fraction of sp³-hybridized carbons (Fsp3) is 0.292. The molecule has 0 aliphatic rings. The minimum Gasteiger partial charge on any atom is -0.493 e. The molecular weight excluding hydrogens is 416 g/mol. The first-order valence-corrected chi connectivity index (χ1v) is 10.1. The van der Waals surface area contributed by atoms with E-state index in [1.807, 2.05) is 19.1 Å². The molecule has 2 N–H and O–H groups in total. The van der Waals surface area contributed by atoms with Gasteiger partial charge in [0.05, 0.1) is 7.11 Å². The summed E-state index contributed by atoms with van der Waals surface area (Å²) in [5, 5.41) is 0.566. The largest absolute Gasteiger partial charge is 0.493 e. The third-order valence-corrected chi connectivity index (χ3v) is 4.33. The number of ether oxygens (including phenoxy) is 3. The predicted molar refractivity (Wildman–Crippen MR) is 121 cm³/mol. The Morgan fingerprint density at radius 2 is 1.90 bits per heavy atom. The quantitative estimate of drug-likeness (QED) is 0.436. The van der Waals surface area contributed by atoms with E-state index in [9.17, 15) is 4.79 Å². The van der Waals surface area contributed by atoms with Gasteiger partial charge >= 0.3 is 0 Å². The van der Waals surface area contributed by atoms with Crippen LogP contribution in [0.2, 0.25) is 5.02 Å². The van der Waals surface area contributed by atoms with E-state index < -0.39 is 6.10 Å². The van der Waals surface area contributed by atoms with Gasteiger partial charge in [0.25, 0.3) is 5.91 Å². The molecule has 2 aromatic rings. The summed E-state index contributed by atoms with van der Waals surface area (Å²) in [5.74, 6) is 9.05. The molecule has 6 nitrogen and oxygen atoms in total. The Kier molecular flexibility index (Phi) is 10.3. The maximum Gasteiger partial charge on any atom is 0.267 e. The van der Waals surface area contributed by atoms with Crippen LogP contribution < -0.4 is 20.3 Å². The summed E-state index contributed by atoms with van der Waals surface area (Å²) < 4.78 is 16.5. The number of terminal acetylenes is 1. The second kappa shape index (κ2) is 13.2. The van der Waals surface area contributed by atoms with Crippen molar-refractivity contribution in [1.29, 1.82) is 0 Å². The number of carbonyl (C=O) groups is 1. The Labute approximate surface area is 188 Å². The summed E-state index contributed by atoms with van der Waals surface area (Å²) in [7, 11) is 1.57. The molecule has 1 atom stereocenters. The Morgan fingerprint density at radius 3 is 2.58 bits per heavy atom. The lowest BCUT2D eigenvalue weighted by molar-refractivity contribution is -0.133. The van der Waals surface area contributed by atoms with Crippen molar-refractivity contribution in [1.82, 2.24) is 10.9 Å². The average molecular weight is 441 g/mol. The van der Waals surface area contributed by atoms with Gasteiger partial charge in [0, 0.05) is 18.0 Å². The molecular formula is C24H25ClN2O4. The van der Waals surface area contributed by atoms with Gasteiger partial charge in [0.15, 0.2) is 17.6 Å². The van der Waals surface area contributed by atoms with E-state index >= 15 is 0 Å². The van der Waals surface area contributed by atoms with Crippen LogP contribution in [0.1, 0.15) is 30.6 Å². The summed E-state index contributed by atoms with van der Waals surface area (Å²) >= 11 is 5.92. The lowest BCUT2D eigenvalue weighted by Gasteiger charge is -2.17. The van der Waals surface area contributed by atoms with Crippen LogP contribution in [-0.2, 0) is 16.1 Å². The minimum absolute atomic E-state index is 0.00199. The van der Waals surface area contributed by atoms with Gasteiger partial charge in [0.1, 0.15) is 13.2 Å². The summed E-state index contributed by atoms with van der Waals surface area (Å²) in [4.78, 5) is 12.6. The van der Waals surface area contributed by atoms with Crippen molar-refractivity contribution in [3.8, 4) is 35.7 Å². The first-order valence-electron chi connectivity index (χ1n) is 9.67. The Morgan fingerprint density at radius 1 is 1.13 bits per heavy atom.